The van der Waals surface area contributed by atoms with Gasteiger partial charge in [-0.15, -0.1) is 0 Å². The molecule has 0 aliphatic heterocycles. The van der Waals surface area contributed by atoms with Crippen LogP contribution in [-0.2, 0) is 13.1 Å². The molecule has 0 N–H and O–H groups in total. The second-order valence-electron chi connectivity index (χ2n) is 14.3. The lowest BCUT2D eigenvalue weighted by Crippen LogP contribution is -2.34. The van der Waals surface area contributed by atoms with E-state index in [1.54, 1.807) is 0 Å². The minimum atomic E-state index is 0.399. The average molecular weight is 737 g/mol. The normalized spacial score (nSPS) is 12.9. The van der Waals surface area contributed by atoms with E-state index in [2.05, 4.69) is 140 Å². The number of hydrogen-bond donors (Lipinski definition) is 0. The highest BCUT2D eigenvalue weighted by atomic mass is 15.0. The zero-order valence-corrected chi connectivity index (χ0v) is 33.4. The number of pyridine rings is 2. The van der Waals surface area contributed by atoms with E-state index >= 15 is 0 Å². The van der Waals surface area contributed by atoms with Gasteiger partial charge in [0.25, 0.3) is 0 Å². The fourth-order valence-corrected chi connectivity index (χ4v) is 6.66. The highest BCUT2D eigenvalue weighted by Crippen LogP contribution is 2.26. The third-order valence-electron chi connectivity index (χ3n) is 9.60. The van der Waals surface area contributed by atoms with Gasteiger partial charge in [0.2, 0.25) is 5.69 Å². The average Bonchev–Trinajstić information content (AvgIpc) is 3.22. The lowest BCUT2D eigenvalue weighted by atomic mass is 10.0. The van der Waals surface area contributed by atoms with E-state index in [9.17, 15) is 0 Å². The van der Waals surface area contributed by atoms with Gasteiger partial charge in [-0.25, -0.2) is 9.97 Å². The monoisotopic (exact) mass is 736 g/mol. The van der Waals surface area contributed by atoms with Crippen molar-refractivity contribution >= 4 is 29.1 Å². The SMILES string of the molecule is C\C=C/C(=C/C=Nc1ccccc1C(C)C)C(/C=C\C)=C/C=NCc1nc2ccccc2nc1C[n+]1ccc(-c2cc[n+](-c3ccccc3C(C)C)cc2)cc1. The smallest absolute Gasteiger partial charge is 0.214 e. The van der Waals surface area contributed by atoms with E-state index in [0.29, 0.717) is 24.9 Å². The van der Waals surface area contributed by atoms with Crippen molar-refractivity contribution in [2.45, 2.75) is 66.5 Å². The summed E-state index contributed by atoms with van der Waals surface area (Å²) in [6.07, 6.45) is 24.6. The van der Waals surface area contributed by atoms with Crippen LogP contribution in [0.15, 0.2) is 179 Å². The highest BCUT2D eigenvalue weighted by molar-refractivity contribution is 5.81. The fourth-order valence-electron chi connectivity index (χ4n) is 6.66. The van der Waals surface area contributed by atoms with Gasteiger partial charge >= 0.3 is 0 Å². The zero-order valence-electron chi connectivity index (χ0n) is 33.4. The Bertz CT molecular complexity index is 2430. The van der Waals surface area contributed by atoms with Crippen LogP contribution in [0.1, 0.15) is 75.9 Å². The second kappa shape index (κ2) is 19.3. The van der Waals surface area contributed by atoms with Crippen LogP contribution in [-0.4, -0.2) is 22.4 Å². The molecule has 0 radical (unpaired) electrons. The van der Waals surface area contributed by atoms with E-state index in [-0.39, 0.29) is 0 Å². The van der Waals surface area contributed by atoms with Crippen LogP contribution in [0.4, 0.5) is 5.69 Å². The first-order chi connectivity index (χ1) is 27.3. The number of allylic oxidation sites excluding steroid dienone is 8. The topological polar surface area (TPSA) is 58.3 Å². The summed E-state index contributed by atoms with van der Waals surface area (Å²) in [7, 11) is 0. The van der Waals surface area contributed by atoms with Crippen molar-refractivity contribution in [2.75, 3.05) is 0 Å². The lowest BCUT2D eigenvalue weighted by molar-refractivity contribution is -0.688. The molecule has 0 spiro atoms. The summed E-state index contributed by atoms with van der Waals surface area (Å²) in [5.74, 6) is 0.848. The molecule has 6 aromatic rings. The van der Waals surface area contributed by atoms with Gasteiger partial charge in [0, 0.05) is 48.3 Å². The Hall–Kier alpha value is -6.40. The molecule has 6 heteroatoms. The highest BCUT2D eigenvalue weighted by Gasteiger charge is 2.16. The summed E-state index contributed by atoms with van der Waals surface area (Å²) < 4.78 is 4.35. The van der Waals surface area contributed by atoms with Crippen molar-refractivity contribution in [2.24, 2.45) is 9.98 Å². The molecule has 0 atom stereocenters. The van der Waals surface area contributed by atoms with Crippen LogP contribution in [0.2, 0.25) is 0 Å². The molecule has 0 aliphatic rings. The molecular weight excluding hydrogens is 685 g/mol. The van der Waals surface area contributed by atoms with Gasteiger partial charge in [0.05, 0.1) is 29.0 Å². The second-order valence-corrected chi connectivity index (χ2v) is 14.3. The summed E-state index contributed by atoms with van der Waals surface area (Å²) in [6.45, 7) is 13.9. The van der Waals surface area contributed by atoms with Crippen molar-refractivity contribution in [3.05, 3.63) is 192 Å². The van der Waals surface area contributed by atoms with Crippen LogP contribution >= 0.6 is 0 Å². The summed E-state index contributed by atoms with van der Waals surface area (Å²) in [5.41, 5.74) is 12.7. The van der Waals surface area contributed by atoms with Crippen molar-refractivity contribution in [3.63, 3.8) is 0 Å². The number of aliphatic imine (C=N–C) groups is 2. The van der Waals surface area contributed by atoms with Gasteiger partial charge < -0.3 is 0 Å². The lowest BCUT2D eigenvalue weighted by Gasteiger charge is -2.08. The number of para-hydroxylation sites is 4. The summed E-state index contributed by atoms with van der Waals surface area (Å²) in [5, 5.41) is 0. The Morgan fingerprint density at radius 1 is 0.607 bits per heavy atom. The Morgan fingerprint density at radius 2 is 1.14 bits per heavy atom. The maximum Gasteiger partial charge on any atom is 0.214 e. The van der Waals surface area contributed by atoms with Crippen LogP contribution in [0.3, 0.4) is 0 Å². The van der Waals surface area contributed by atoms with E-state index in [1.807, 2.05) is 80.9 Å². The zero-order chi connectivity index (χ0) is 39.3. The minimum absolute atomic E-state index is 0.399. The molecule has 3 aromatic heterocycles. The standard InChI is InChI=1S/C50H52N6/c1-7-15-39(40(16-8-2)24-30-52-45-19-11-9-17-43(45)37(3)4)23-29-51-35-48-49(54-47-21-13-12-20-46(47)53-48)36-55-31-25-41(26-32-55)42-27-33-56(34-28-42)50-22-14-10-18-44(50)38(5)6/h7-34,37-38H,35-36H2,1-6H3/q+2/b15-7-,16-8-,39-23+,40-24-,51-29?,52-30?. The molecule has 3 heterocycles. The molecule has 6 rings (SSSR count). The van der Waals surface area contributed by atoms with Gasteiger partial charge in [-0.1, -0.05) is 101 Å². The van der Waals surface area contributed by atoms with Gasteiger partial charge in [0.1, 0.15) is 5.69 Å². The summed E-state index contributed by atoms with van der Waals surface area (Å²) in [6, 6.07) is 33.6. The Morgan fingerprint density at radius 3 is 1.77 bits per heavy atom. The van der Waals surface area contributed by atoms with Crippen LogP contribution in [0, 0.1) is 0 Å². The van der Waals surface area contributed by atoms with E-state index < -0.39 is 0 Å². The molecule has 6 nitrogen and oxygen atoms in total. The van der Waals surface area contributed by atoms with Crippen LogP contribution in [0.5, 0.6) is 0 Å². The molecular formula is C50H52N6+2. The molecule has 0 saturated carbocycles. The summed E-state index contributed by atoms with van der Waals surface area (Å²) in [4.78, 5) is 19.7. The predicted molar refractivity (Wildman–Crippen MR) is 233 cm³/mol. The number of nitrogens with zero attached hydrogens (tertiary/aromatic N) is 6. The van der Waals surface area contributed by atoms with E-state index in [4.69, 9.17) is 20.0 Å². The molecule has 0 bridgehead atoms. The third-order valence-corrected chi connectivity index (χ3v) is 9.60. The third kappa shape index (κ3) is 10.0. The molecule has 3 aromatic carbocycles. The molecule has 0 unspecified atom stereocenters. The minimum Gasteiger partial charge on any atom is -0.287 e. The largest absolute Gasteiger partial charge is 0.287 e. The van der Waals surface area contributed by atoms with Gasteiger partial charge in [-0.05, 0) is 83.9 Å². The maximum absolute atomic E-state index is 5.06. The Balaban J connectivity index is 1.20. The van der Waals surface area contributed by atoms with Crippen molar-refractivity contribution < 1.29 is 9.13 Å². The van der Waals surface area contributed by atoms with E-state index in [1.165, 1.54) is 16.8 Å². The first-order valence-electron chi connectivity index (χ1n) is 19.5. The maximum atomic E-state index is 5.06. The quantitative estimate of drug-likeness (QED) is 0.0635. The Labute approximate surface area is 332 Å². The van der Waals surface area contributed by atoms with Gasteiger partial charge in [-0.3, -0.25) is 9.98 Å². The van der Waals surface area contributed by atoms with Crippen LogP contribution < -0.4 is 9.13 Å². The molecule has 0 saturated heterocycles. The fraction of sp³-hybridized carbons (Fsp3) is 0.200. The summed E-state index contributed by atoms with van der Waals surface area (Å²) >= 11 is 0. The van der Waals surface area contributed by atoms with Crippen molar-refractivity contribution in [1.29, 1.82) is 0 Å². The first-order valence-corrected chi connectivity index (χ1v) is 19.5. The number of hydrogen-bond acceptors (Lipinski definition) is 4. The molecule has 280 valence electrons. The molecule has 0 aliphatic carbocycles. The molecule has 56 heavy (non-hydrogen) atoms. The predicted octanol–water partition coefficient (Wildman–Crippen LogP) is 11.1. The number of aromatic nitrogens is 4. The van der Waals surface area contributed by atoms with Gasteiger partial charge in [-0.2, -0.15) is 9.13 Å². The van der Waals surface area contributed by atoms with Crippen molar-refractivity contribution in [3.8, 4) is 16.8 Å². The first kappa shape index (κ1) is 39.3. The number of fused-ring (bicyclic) bond motifs is 1. The number of benzene rings is 3. The van der Waals surface area contributed by atoms with E-state index in [0.717, 1.165) is 50.4 Å². The molecule has 0 fully saturated rings. The van der Waals surface area contributed by atoms with Gasteiger partial charge in [0.15, 0.2) is 31.3 Å². The molecule has 0 amide bonds. The number of rotatable bonds is 14. The van der Waals surface area contributed by atoms with Crippen LogP contribution in [0.25, 0.3) is 27.8 Å². The van der Waals surface area contributed by atoms with Crippen molar-refractivity contribution in [1.82, 2.24) is 9.97 Å². The Kier molecular flexibility index (Phi) is 13.5.